The number of rotatable bonds is 18. The van der Waals surface area contributed by atoms with E-state index in [9.17, 15) is 97.3 Å². The van der Waals surface area contributed by atoms with Gasteiger partial charge in [0.15, 0.2) is 29.3 Å². The highest BCUT2D eigenvalue weighted by atomic mass is 32.3. The Labute approximate surface area is 508 Å². The third kappa shape index (κ3) is 17.0. The number of ether oxygens (including phenoxy) is 1. The highest BCUT2D eigenvalue weighted by Crippen LogP contribution is 2.35. The molecule has 1 aromatic heterocycles. The van der Waals surface area contributed by atoms with Crippen LogP contribution in [-0.4, -0.2) is 214 Å². The molecule has 0 aliphatic carbocycles. The molecule has 0 radical (unpaired) electrons. The molecule has 3 aliphatic heterocycles. The maximum absolute atomic E-state index is 14.7. The number of unbranched alkanes of at least 4 members (excludes halogenated alkanes) is 2. The van der Waals surface area contributed by atoms with E-state index in [4.69, 9.17) is 15.0 Å². The number of nitrogens with zero attached hydrogens (tertiary/aromatic N) is 3. The molecule has 484 valence electrons. The summed E-state index contributed by atoms with van der Waals surface area (Å²) in [6.07, 6.45) is -18.2. The number of aliphatic hydroxyl groups is 8. The number of phenols is 1. The van der Waals surface area contributed by atoms with Gasteiger partial charge in [0.25, 0.3) is 5.91 Å². The second-order valence-electron chi connectivity index (χ2n) is 22.2. The number of hydrogen-bond acceptors (Lipinski definition) is 23. The standard InChI is InChI=1S/C57H72N8O23S/c1-4-5-6-17-86-33-14-11-29(12-15-33)42-22-35(63-87-42)28-7-9-30(10-8-28)51(76)59-36-21-41(71)54(79)62-55(80)47-48(73)26(2)24-65(47)56(81)34(39(69)23-44(58)72)20-40(70)46(50(75)49(74)31-13-16-38(68)43(18-31)88-89(83,84)85)61-53(78)37-19-32(67)25-64(37)57(82)45(27(3)66)60-52(36)77/h7-16,18,22,26-27,32,34,36-37,39,41,45-50,54,66-69,71,73-75,79H,4-6,17,19-21,23-25H2,1-3H3,(H2,58,72)(H,59,76)(H,60,77)(H,61,78)(H,62,80)(H,83,84,85)/t26-,27+,32+,34-,36-,37-,39+,41+,45-,46+,47-,48-,49-,50-,54+/m0/s1. The van der Waals surface area contributed by atoms with Crippen LogP contribution in [0.3, 0.4) is 0 Å². The lowest BCUT2D eigenvalue weighted by Gasteiger charge is -2.34. The van der Waals surface area contributed by atoms with Crippen molar-refractivity contribution >= 4 is 57.5 Å². The Hall–Kier alpha value is -8.18. The molecule has 3 aliphatic rings. The van der Waals surface area contributed by atoms with E-state index in [1.807, 2.05) is 5.32 Å². The average molecular weight is 1270 g/mol. The fraction of sp³-hybridized carbons (Fsp3) is 0.491. The summed E-state index contributed by atoms with van der Waals surface area (Å²) < 4.78 is 48.1. The van der Waals surface area contributed by atoms with Gasteiger partial charge in [-0.15, -0.1) is 0 Å². The van der Waals surface area contributed by atoms with Crippen molar-refractivity contribution in [1.82, 2.24) is 36.2 Å². The summed E-state index contributed by atoms with van der Waals surface area (Å²) in [6, 6.07) is 6.23. The maximum atomic E-state index is 14.7. The van der Waals surface area contributed by atoms with Gasteiger partial charge in [-0.3, -0.25) is 42.9 Å². The lowest BCUT2D eigenvalue weighted by Crippen LogP contribution is -2.61. The molecule has 16 N–H and O–H groups in total. The number of fused-ring (bicyclic) bond motifs is 2. The third-order valence-electron chi connectivity index (χ3n) is 15.5. The molecule has 15 atom stereocenters. The van der Waals surface area contributed by atoms with Gasteiger partial charge in [0, 0.05) is 61.0 Å². The number of hydrogen-bond donors (Lipinski definition) is 15. The first-order valence-electron chi connectivity index (χ1n) is 28.3. The maximum Gasteiger partial charge on any atom is 0.446 e. The number of aromatic nitrogens is 1. The summed E-state index contributed by atoms with van der Waals surface area (Å²) in [5.74, 6) is -14.5. The Morgan fingerprint density at radius 2 is 1.48 bits per heavy atom. The number of primary amides is 1. The predicted octanol–water partition coefficient (Wildman–Crippen LogP) is -2.81. The predicted molar refractivity (Wildman–Crippen MR) is 305 cm³/mol. The first kappa shape index (κ1) is 68.3. The van der Waals surface area contributed by atoms with Crippen LogP contribution in [0.25, 0.3) is 22.6 Å². The number of benzene rings is 3. The van der Waals surface area contributed by atoms with Crippen LogP contribution < -0.4 is 35.9 Å². The molecule has 3 saturated heterocycles. The zero-order chi connectivity index (χ0) is 65.3. The number of carbonyl (C=O) groups is 8. The largest absolute Gasteiger partial charge is 0.504 e. The minimum absolute atomic E-state index is 0.102. The highest BCUT2D eigenvalue weighted by Gasteiger charge is 2.51. The van der Waals surface area contributed by atoms with Gasteiger partial charge in [0.2, 0.25) is 35.4 Å². The Kier molecular flexibility index (Phi) is 22.6. The minimum atomic E-state index is -5.34. The van der Waals surface area contributed by atoms with E-state index >= 15 is 0 Å². The second kappa shape index (κ2) is 29.4. The van der Waals surface area contributed by atoms with Gasteiger partial charge in [0.1, 0.15) is 60.0 Å². The van der Waals surface area contributed by atoms with Crippen molar-refractivity contribution in [3.8, 4) is 39.8 Å². The Bertz CT molecular complexity index is 3330. The van der Waals surface area contributed by atoms with Crippen LogP contribution >= 0.6 is 0 Å². The van der Waals surface area contributed by atoms with Gasteiger partial charge in [0.05, 0.1) is 43.4 Å². The smallest absolute Gasteiger partial charge is 0.446 e. The topological polar surface area (TPSA) is 498 Å². The third-order valence-corrected chi connectivity index (χ3v) is 15.9. The molecular weight excluding hydrogens is 1200 g/mol. The van der Waals surface area contributed by atoms with Crippen molar-refractivity contribution in [2.24, 2.45) is 17.6 Å². The zero-order valence-electron chi connectivity index (χ0n) is 48.3. The van der Waals surface area contributed by atoms with Gasteiger partial charge in [-0.1, -0.05) is 50.0 Å². The van der Waals surface area contributed by atoms with Gasteiger partial charge < -0.3 is 96.2 Å². The Morgan fingerprint density at radius 1 is 0.820 bits per heavy atom. The van der Waals surface area contributed by atoms with Crippen LogP contribution in [0.15, 0.2) is 77.3 Å². The first-order chi connectivity index (χ1) is 42.0. The Balaban J connectivity index is 1.22. The van der Waals surface area contributed by atoms with Crippen LogP contribution in [0.2, 0.25) is 0 Å². The van der Waals surface area contributed by atoms with E-state index < -0.39 is 204 Å². The molecule has 32 heteroatoms. The summed E-state index contributed by atoms with van der Waals surface area (Å²) >= 11 is 0. The van der Waals surface area contributed by atoms with Crippen molar-refractivity contribution in [2.75, 3.05) is 19.7 Å². The molecular formula is C57H72N8O23S. The van der Waals surface area contributed by atoms with Gasteiger partial charge in [-0.25, -0.2) is 0 Å². The lowest BCUT2D eigenvalue weighted by atomic mass is 9.86. The summed E-state index contributed by atoms with van der Waals surface area (Å²) in [7, 11) is -5.34. The fourth-order valence-corrected chi connectivity index (χ4v) is 11.0. The van der Waals surface area contributed by atoms with E-state index in [-0.39, 0.29) is 5.56 Å². The molecule has 0 saturated carbocycles. The van der Waals surface area contributed by atoms with Gasteiger partial charge in [-0.05, 0) is 67.4 Å². The zero-order valence-corrected chi connectivity index (χ0v) is 49.1. The summed E-state index contributed by atoms with van der Waals surface area (Å²) in [6.45, 7) is 3.82. The molecule has 0 bridgehead atoms. The molecule has 4 heterocycles. The van der Waals surface area contributed by atoms with Crippen LogP contribution in [0.1, 0.15) is 87.7 Å². The van der Waals surface area contributed by atoms with Crippen molar-refractivity contribution in [2.45, 2.75) is 145 Å². The number of Topliss-reactive ketones (excluding diaryl/α,β-unsaturated/α-hetero) is 1. The number of aliphatic hydroxyl groups excluding tert-OH is 8. The van der Waals surface area contributed by atoms with E-state index in [0.717, 1.165) is 38.3 Å². The number of nitrogens with one attached hydrogen (secondary N) is 4. The number of phenolic OH excluding ortho intramolecular Hbond substituents is 1. The number of carbonyl (C=O) groups excluding carboxylic acids is 8. The molecule has 3 aromatic carbocycles. The van der Waals surface area contributed by atoms with E-state index in [1.54, 1.807) is 30.3 Å². The van der Waals surface area contributed by atoms with Crippen LogP contribution in [-0.2, 0) is 44.0 Å². The molecule has 7 rings (SSSR count). The Morgan fingerprint density at radius 3 is 2.12 bits per heavy atom. The van der Waals surface area contributed by atoms with Crippen molar-refractivity contribution < 1.29 is 111 Å². The van der Waals surface area contributed by atoms with Crippen LogP contribution in [0.5, 0.6) is 17.2 Å². The molecule has 89 heavy (non-hydrogen) atoms. The fourth-order valence-electron chi connectivity index (χ4n) is 10.6. The number of nitrogens with two attached hydrogens (primary N) is 1. The molecule has 7 amide bonds. The molecule has 3 fully saturated rings. The van der Waals surface area contributed by atoms with Crippen LogP contribution in [0.4, 0.5) is 0 Å². The molecule has 31 nitrogen and oxygen atoms in total. The number of amides is 7. The van der Waals surface area contributed by atoms with E-state index in [0.29, 0.717) is 50.8 Å². The first-order valence-corrected chi connectivity index (χ1v) is 29.7. The second-order valence-corrected chi connectivity index (χ2v) is 23.2. The van der Waals surface area contributed by atoms with Crippen molar-refractivity contribution in [1.29, 1.82) is 0 Å². The summed E-state index contributed by atoms with van der Waals surface area (Å²) in [4.78, 5) is 115. The molecule has 4 aromatic rings. The van der Waals surface area contributed by atoms with Crippen molar-refractivity contribution in [3.63, 3.8) is 0 Å². The lowest BCUT2D eigenvalue weighted by molar-refractivity contribution is -0.151. The van der Waals surface area contributed by atoms with Gasteiger partial charge >= 0.3 is 10.4 Å². The number of aromatic hydroxyl groups is 1. The average Bonchev–Trinajstić information content (AvgIpc) is 2.76. The quantitative estimate of drug-likeness (QED) is 0.0353. The molecule has 0 spiro atoms. The van der Waals surface area contributed by atoms with Crippen molar-refractivity contribution in [3.05, 3.63) is 83.9 Å². The summed E-state index contributed by atoms with van der Waals surface area (Å²) in [5, 5.41) is 114. The number of ketones is 1. The monoisotopic (exact) mass is 1270 g/mol. The minimum Gasteiger partial charge on any atom is -0.504 e. The molecule has 0 unspecified atom stereocenters. The summed E-state index contributed by atoms with van der Waals surface area (Å²) in [5.41, 5.74) is 6.24. The van der Waals surface area contributed by atoms with E-state index in [1.165, 1.54) is 31.2 Å². The SMILES string of the molecule is CCCCCOc1ccc(-c2cc(-c3ccc(C(=O)N[C@H]4C[C@@H](O)[C@@H](O)NC(=O)[C@@H]5[C@@H](O)[C@@H](C)CN5C(=O)[C@H]([C@H](O)CC(N)=O)CC(=O)[C@H]([C@H](O)[C@@H](O)c5ccc(O)c(OS(=O)(=O)O)c5)NC(=O)[C@@H]5C[C@@H](O)CN5C(=O)[C@H]([C@@H](C)O)NC4=O)cc3)no2)cc1. The van der Waals surface area contributed by atoms with E-state index in [2.05, 4.69) is 32.2 Å². The van der Waals surface area contributed by atoms with Crippen LogP contribution in [0, 0.1) is 11.8 Å². The normalized spacial score (nSPS) is 26.5. The van der Waals surface area contributed by atoms with Gasteiger partial charge in [-0.2, -0.15) is 8.42 Å². The highest BCUT2D eigenvalue weighted by molar-refractivity contribution is 7.81.